The molecule has 0 aromatic heterocycles. The quantitative estimate of drug-likeness (QED) is 0.554. The number of hydrogen-bond donors (Lipinski definition) is 0. The summed E-state index contributed by atoms with van der Waals surface area (Å²) in [6, 6.07) is 29.8. The summed E-state index contributed by atoms with van der Waals surface area (Å²) < 4.78 is 4.62. The van der Waals surface area contributed by atoms with E-state index in [1.807, 2.05) is 0 Å². The van der Waals surface area contributed by atoms with Crippen molar-refractivity contribution in [3.63, 3.8) is 0 Å². The summed E-state index contributed by atoms with van der Waals surface area (Å²) in [7, 11) is 4.33. The van der Waals surface area contributed by atoms with Crippen LogP contribution in [0.15, 0.2) is 78.9 Å². The first-order valence-corrected chi connectivity index (χ1v) is 12.6. The second kappa shape index (κ2) is 8.21. The summed E-state index contributed by atoms with van der Waals surface area (Å²) in [5, 5.41) is 0. The van der Waals surface area contributed by atoms with Gasteiger partial charge in [0.25, 0.3) is 0 Å². The number of hydrogen-bond acceptors (Lipinski definition) is 1. The molecule has 0 unspecified atom stereocenters. The third kappa shape index (κ3) is 4.17. The van der Waals surface area contributed by atoms with Crippen molar-refractivity contribution in [2.24, 2.45) is 0 Å². The normalized spacial score (nSPS) is 12.6. The van der Waals surface area contributed by atoms with Crippen LogP contribution in [0.5, 0.6) is 0 Å². The molecule has 0 spiro atoms. The predicted octanol–water partition coefficient (Wildman–Crippen LogP) is 3.13. The molecule has 0 aliphatic heterocycles. The Hall–Kier alpha value is -1.56. The van der Waals surface area contributed by atoms with Crippen LogP contribution in [-0.2, 0) is 0 Å². The molecular formula is C23H26NSb. The van der Waals surface area contributed by atoms with Gasteiger partial charge in [-0.15, -0.1) is 0 Å². The Balaban J connectivity index is 2.18. The second-order valence-corrected chi connectivity index (χ2v) is 12.9. The van der Waals surface area contributed by atoms with Crippen LogP contribution in [0.25, 0.3) is 0 Å². The van der Waals surface area contributed by atoms with Crippen LogP contribution in [-0.4, -0.2) is 39.2 Å². The predicted molar refractivity (Wildman–Crippen MR) is 111 cm³/mol. The minimum atomic E-state index is -2.05. The minimum absolute atomic E-state index is 0.414. The SMILES string of the molecule is Cc1cc[c]([Sb]([c]2ccccc2)[c]2ccccc2[C@H](C)N(C)C)cc1. The van der Waals surface area contributed by atoms with Gasteiger partial charge in [-0.2, -0.15) is 0 Å². The Labute approximate surface area is 159 Å². The third-order valence-corrected chi connectivity index (χ3v) is 11.9. The van der Waals surface area contributed by atoms with Crippen molar-refractivity contribution in [1.29, 1.82) is 0 Å². The fourth-order valence-electron chi connectivity index (χ4n) is 3.02. The van der Waals surface area contributed by atoms with E-state index in [1.165, 1.54) is 18.1 Å². The number of benzene rings is 3. The van der Waals surface area contributed by atoms with Crippen LogP contribution in [0, 0.1) is 6.92 Å². The maximum atomic E-state index is 2.37. The van der Waals surface area contributed by atoms with Crippen LogP contribution >= 0.6 is 0 Å². The summed E-state index contributed by atoms with van der Waals surface area (Å²) >= 11 is -2.05. The van der Waals surface area contributed by atoms with Gasteiger partial charge in [0.2, 0.25) is 0 Å². The van der Waals surface area contributed by atoms with Crippen LogP contribution in [0.4, 0.5) is 0 Å². The van der Waals surface area contributed by atoms with E-state index in [1.54, 1.807) is 3.51 Å². The third-order valence-electron chi connectivity index (χ3n) is 4.71. The molecular weight excluding hydrogens is 412 g/mol. The van der Waals surface area contributed by atoms with Gasteiger partial charge >= 0.3 is 160 Å². The van der Waals surface area contributed by atoms with Gasteiger partial charge in [-0.1, -0.05) is 0 Å². The average molecular weight is 438 g/mol. The van der Waals surface area contributed by atoms with Gasteiger partial charge in [0.15, 0.2) is 0 Å². The van der Waals surface area contributed by atoms with E-state index in [2.05, 4.69) is 112 Å². The molecule has 0 radical (unpaired) electrons. The Morgan fingerprint density at radius 1 is 0.720 bits per heavy atom. The van der Waals surface area contributed by atoms with Crippen molar-refractivity contribution in [3.05, 3.63) is 90.0 Å². The molecule has 0 heterocycles. The molecule has 1 nitrogen and oxygen atoms in total. The zero-order valence-corrected chi connectivity index (χ0v) is 18.0. The van der Waals surface area contributed by atoms with Crippen LogP contribution in [0.2, 0.25) is 0 Å². The molecule has 25 heavy (non-hydrogen) atoms. The monoisotopic (exact) mass is 437 g/mol. The molecule has 3 aromatic carbocycles. The standard InChI is InChI=1S/C10H14N.C7H7.C6H5.Sb/c1-9(11(2)3)10-7-5-4-6-8-10;1-7-5-3-2-4-6-7;1-2-4-6-5-3-1;/h4-7,9H,1-3H3;3-6H,1H3;1-5H;/t9-;;;/m0.../s1. The van der Waals surface area contributed by atoms with Crippen molar-refractivity contribution < 1.29 is 0 Å². The average Bonchev–Trinajstić information content (AvgIpc) is 2.64. The number of aryl methyl sites for hydroxylation is 1. The topological polar surface area (TPSA) is 3.24 Å². The fraction of sp³-hybridized carbons (Fsp3) is 0.217. The fourth-order valence-corrected chi connectivity index (χ4v) is 10.2. The molecule has 0 saturated heterocycles. The molecule has 0 aliphatic carbocycles. The van der Waals surface area contributed by atoms with Gasteiger partial charge in [-0.25, -0.2) is 0 Å². The van der Waals surface area contributed by atoms with Crippen LogP contribution < -0.4 is 10.5 Å². The van der Waals surface area contributed by atoms with Crippen molar-refractivity contribution in [2.75, 3.05) is 14.1 Å². The summed E-state index contributed by atoms with van der Waals surface area (Å²) in [5.41, 5.74) is 2.80. The molecule has 0 bridgehead atoms. The molecule has 1 atom stereocenters. The molecule has 3 aromatic rings. The maximum absolute atomic E-state index is 2.37. The molecule has 0 aliphatic rings. The first kappa shape index (κ1) is 18.2. The van der Waals surface area contributed by atoms with E-state index in [0.717, 1.165) is 0 Å². The van der Waals surface area contributed by atoms with Gasteiger partial charge in [-0.3, -0.25) is 0 Å². The van der Waals surface area contributed by atoms with E-state index >= 15 is 0 Å². The van der Waals surface area contributed by atoms with Crippen molar-refractivity contribution >= 4 is 30.7 Å². The van der Waals surface area contributed by atoms with E-state index in [9.17, 15) is 0 Å². The molecule has 2 heteroatoms. The number of nitrogens with zero attached hydrogens (tertiary/aromatic N) is 1. The van der Waals surface area contributed by atoms with Crippen molar-refractivity contribution in [3.8, 4) is 0 Å². The summed E-state index contributed by atoms with van der Waals surface area (Å²) in [6.07, 6.45) is 0. The van der Waals surface area contributed by atoms with Gasteiger partial charge in [0.05, 0.1) is 0 Å². The Morgan fingerprint density at radius 3 is 1.92 bits per heavy atom. The molecule has 0 fully saturated rings. The van der Waals surface area contributed by atoms with E-state index in [0.29, 0.717) is 6.04 Å². The molecule has 0 amide bonds. The second-order valence-electron chi connectivity index (χ2n) is 6.70. The summed E-state index contributed by atoms with van der Waals surface area (Å²) in [4.78, 5) is 2.30. The Morgan fingerprint density at radius 2 is 1.28 bits per heavy atom. The zero-order chi connectivity index (χ0) is 17.8. The van der Waals surface area contributed by atoms with E-state index < -0.39 is 20.2 Å². The van der Waals surface area contributed by atoms with Crippen LogP contribution in [0.1, 0.15) is 24.1 Å². The molecule has 128 valence electrons. The van der Waals surface area contributed by atoms with Crippen LogP contribution in [0.3, 0.4) is 0 Å². The van der Waals surface area contributed by atoms with Gasteiger partial charge in [-0.05, 0) is 0 Å². The van der Waals surface area contributed by atoms with Crippen molar-refractivity contribution in [1.82, 2.24) is 4.90 Å². The van der Waals surface area contributed by atoms with Gasteiger partial charge in [0.1, 0.15) is 0 Å². The molecule has 0 N–H and O–H groups in total. The van der Waals surface area contributed by atoms with E-state index in [-0.39, 0.29) is 0 Å². The summed E-state index contributed by atoms with van der Waals surface area (Å²) in [6.45, 7) is 4.47. The Kier molecular flexibility index (Phi) is 5.99. The molecule has 0 saturated carbocycles. The summed E-state index contributed by atoms with van der Waals surface area (Å²) in [5.74, 6) is 0. The number of rotatable bonds is 5. The van der Waals surface area contributed by atoms with E-state index in [4.69, 9.17) is 0 Å². The van der Waals surface area contributed by atoms with Crippen molar-refractivity contribution in [2.45, 2.75) is 19.9 Å². The zero-order valence-electron chi connectivity index (χ0n) is 15.5. The van der Waals surface area contributed by atoms with Gasteiger partial charge < -0.3 is 0 Å². The Bertz CT molecular complexity index is 809. The first-order chi connectivity index (χ1) is 12.1. The molecule has 3 rings (SSSR count). The first-order valence-electron chi connectivity index (χ1n) is 8.75. The van der Waals surface area contributed by atoms with Gasteiger partial charge in [0, 0.05) is 0 Å².